The Bertz CT molecular complexity index is 249. The highest BCUT2D eigenvalue weighted by atomic mass is 15.4. The van der Waals surface area contributed by atoms with Crippen LogP contribution in [-0.2, 0) is 0 Å². The van der Waals surface area contributed by atoms with Crippen LogP contribution >= 0.6 is 0 Å². The van der Waals surface area contributed by atoms with Gasteiger partial charge in [-0.15, -0.1) is 0 Å². The van der Waals surface area contributed by atoms with E-state index in [1.54, 1.807) is 0 Å². The molecule has 1 aliphatic heterocycles. The predicted molar refractivity (Wildman–Crippen MR) is 56.6 cm³/mol. The number of nitrogens with two attached hydrogens (primary N) is 1. The van der Waals surface area contributed by atoms with E-state index < -0.39 is 0 Å². The molecule has 0 radical (unpaired) electrons. The van der Waals surface area contributed by atoms with Crippen LogP contribution < -0.4 is 11.2 Å². The highest BCUT2D eigenvalue weighted by Gasteiger charge is 2.53. The van der Waals surface area contributed by atoms with E-state index in [0.29, 0.717) is 11.0 Å². The fourth-order valence-electron chi connectivity index (χ4n) is 3.09. The SMILES string of the molecule is CC1(NC2CCC23CCN(N)C3)CC1. The number of hydrogen-bond donors (Lipinski definition) is 2. The van der Waals surface area contributed by atoms with Gasteiger partial charge in [0.1, 0.15) is 0 Å². The van der Waals surface area contributed by atoms with Crippen LogP contribution in [0.4, 0.5) is 0 Å². The fourth-order valence-corrected chi connectivity index (χ4v) is 3.09. The monoisotopic (exact) mass is 195 g/mol. The molecule has 0 amide bonds. The van der Waals surface area contributed by atoms with Crippen molar-refractivity contribution in [3.63, 3.8) is 0 Å². The third kappa shape index (κ3) is 1.30. The maximum absolute atomic E-state index is 5.87. The molecule has 3 heteroatoms. The summed E-state index contributed by atoms with van der Waals surface area (Å²) in [4.78, 5) is 0. The number of hydrazine groups is 1. The van der Waals surface area contributed by atoms with Crippen LogP contribution in [0.3, 0.4) is 0 Å². The van der Waals surface area contributed by atoms with E-state index in [0.717, 1.165) is 19.1 Å². The first-order valence-electron chi connectivity index (χ1n) is 5.89. The van der Waals surface area contributed by atoms with Crippen LogP contribution in [0.25, 0.3) is 0 Å². The van der Waals surface area contributed by atoms with Crippen LogP contribution in [0.15, 0.2) is 0 Å². The molecule has 0 bridgehead atoms. The summed E-state index contributed by atoms with van der Waals surface area (Å²) in [5.41, 5.74) is 1.03. The molecule has 3 aliphatic rings. The Kier molecular flexibility index (Phi) is 1.77. The molecule has 1 heterocycles. The largest absolute Gasteiger partial charge is 0.308 e. The standard InChI is InChI=1S/C11H21N3/c1-10(4-5-10)13-9-2-3-11(9)6-7-14(12)8-11/h9,13H,2-8,12H2,1H3. The molecule has 2 saturated carbocycles. The van der Waals surface area contributed by atoms with Gasteiger partial charge in [-0.2, -0.15) is 0 Å². The molecule has 2 unspecified atom stereocenters. The Morgan fingerprint density at radius 3 is 2.50 bits per heavy atom. The van der Waals surface area contributed by atoms with Gasteiger partial charge in [0, 0.05) is 30.1 Å². The second-order valence-electron chi connectivity index (χ2n) is 5.88. The van der Waals surface area contributed by atoms with Crippen molar-refractivity contribution in [2.24, 2.45) is 11.3 Å². The molecule has 1 spiro atoms. The van der Waals surface area contributed by atoms with Crippen molar-refractivity contribution in [3.8, 4) is 0 Å². The molecule has 14 heavy (non-hydrogen) atoms. The number of nitrogens with zero attached hydrogens (tertiary/aromatic N) is 1. The summed E-state index contributed by atoms with van der Waals surface area (Å²) in [6.07, 6.45) is 6.78. The van der Waals surface area contributed by atoms with E-state index >= 15 is 0 Å². The summed E-state index contributed by atoms with van der Waals surface area (Å²) in [6, 6.07) is 0.753. The molecule has 3 N–H and O–H groups in total. The smallest absolute Gasteiger partial charge is 0.0200 e. The summed E-state index contributed by atoms with van der Waals surface area (Å²) in [7, 11) is 0. The summed E-state index contributed by atoms with van der Waals surface area (Å²) < 4.78 is 0. The van der Waals surface area contributed by atoms with Crippen molar-refractivity contribution in [2.75, 3.05) is 13.1 Å². The topological polar surface area (TPSA) is 41.3 Å². The third-order valence-electron chi connectivity index (χ3n) is 4.61. The quantitative estimate of drug-likeness (QED) is 0.642. The summed E-state index contributed by atoms with van der Waals surface area (Å²) in [5.74, 6) is 5.87. The molecule has 2 atom stereocenters. The van der Waals surface area contributed by atoms with E-state index in [4.69, 9.17) is 5.84 Å². The average Bonchev–Trinajstić information content (AvgIpc) is 2.71. The Morgan fingerprint density at radius 2 is 2.07 bits per heavy atom. The molecule has 3 nitrogen and oxygen atoms in total. The zero-order valence-electron chi connectivity index (χ0n) is 9.05. The maximum atomic E-state index is 5.87. The van der Waals surface area contributed by atoms with Gasteiger partial charge in [-0.25, -0.2) is 5.01 Å². The van der Waals surface area contributed by atoms with Crippen molar-refractivity contribution >= 4 is 0 Å². The molecule has 0 aromatic heterocycles. The van der Waals surface area contributed by atoms with E-state index in [2.05, 4.69) is 12.2 Å². The van der Waals surface area contributed by atoms with Crippen LogP contribution in [0.5, 0.6) is 0 Å². The second kappa shape index (κ2) is 2.71. The van der Waals surface area contributed by atoms with Gasteiger partial charge in [-0.3, -0.25) is 5.84 Å². The minimum Gasteiger partial charge on any atom is -0.308 e. The van der Waals surface area contributed by atoms with Gasteiger partial charge in [0.2, 0.25) is 0 Å². The van der Waals surface area contributed by atoms with Crippen LogP contribution in [0.1, 0.15) is 39.0 Å². The lowest BCUT2D eigenvalue weighted by Gasteiger charge is -2.49. The third-order valence-corrected chi connectivity index (χ3v) is 4.61. The zero-order valence-corrected chi connectivity index (χ0v) is 9.05. The first-order chi connectivity index (χ1) is 6.62. The van der Waals surface area contributed by atoms with Gasteiger partial charge in [-0.1, -0.05) is 0 Å². The van der Waals surface area contributed by atoms with Gasteiger partial charge in [0.15, 0.2) is 0 Å². The van der Waals surface area contributed by atoms with Gasteiger partial charge >= 0.3 is 0 Å². The van der Waals surface area contributed by atoms with Crippen molar-refractivity contribution in [3.05, 3.63) is 0 Å². The van der Waals surface area contributed by atoms with Crippen molar-refractivity contribution in [1.29, 1.82) is 0 Å². The predicted octanol–water partition coefficient (Wildman–Crippen LogP) is 0.857. The lowest BCUT2D eigenvalue weighted by Crippen LogP contribution is -2.57. The molecule has 3 fully saturated rings. The molecular formula is C11H21N3. The molecular weight excluding hydrogens is 174 g/mol. The Morgan fingerprint density at radius 1 is 1.29 bits per heavy atom. The van der Waals surface area contributed by atoms with Crippen LogP contribution in [0.2, 0.25) is 0 Å². The van der Waals surface area contributed by atoms with E-state index in [1.807, 2.05) is 5.01 Å². The Balaban J connectivity index is 1.65. The van der Waals surface area contributed by atoms with Gasteiger partial charge in [-0.05, 0) is 39.0 Å². The Hall–Kier alpha value is -0.120. The minimum atomic E-state index is 0.486. The molecule has 3 rings (SSSR count). The molecule has 2 aliphatic carbocycles. The first kappa shape index (κ1) is 9.13. The lowest BCUT2D eigenvalue weighted by molar-refractivity contribution is 0.0634. The average molecular weight is 195 g/mol. The molecule has 80 valence electrons. The highest BCUT2D eigenvalue weighted by molar-refractivity contribution is 5.10. The van der Waals surface area contributed by atoms with Gasteiger partial charge < -0.3 is 5.32 Å². The van der Waals surface area contributed by atoms with Crippen LogP contribution in [-0.4, -0.2) is 29.7 Å². The molecule has 0 aromatic carbocycles. The summed E-state index contributed by atoms with van der Waals surface area (Å²) in [5, 5.41) is 5.84. The minimum absolute atomic E-state index is 0.486. The first-order valence-corrected chi connectivity index (χ1v) is 5.89. The van der Waals surface area contributed by atoms with Gasteiger partial charge in [0.25, 0.3) is 0 Å². The normalized spacial score (nSPS) is 45.4. The van der Waals surface area contributed by atoms with Crippen molar-refractivity contribution in [1.82, 2.24) is 10.3 Å². The lowest BCUT2D eigenvalue weighted by atomic mass is 9.63. The number of hydrogen-bond acceptors (Lipinski definition) is 3. The highest BCUT2D eigenvalue weighted by Crippen LogP contribution is 2.50. The van der Waals surface area contributed by atoms with E-state index in [-0.39, 0.29) is 0 Å². The Labute approximate surface area is 86.0 Å². The maximum Gasteiger partial charge on any atom is 0.0200 e. The van der Waals surface area contributed by atoms with Crippen molar-refractivity contribution in [2.45, 2.75) is 50.6 Å². The summed E-state index contributed by atoms with van der Waals surface area (Å²) >= 11 is 0. The zero-order chi connectivity index (χ0) is 9.81. The molecule has 1 saturated heterocycles. The number of rotatable bonds is 2. The fraction of sp³-hybridized carbons (Fsp3) is 1.00. The van der Waals surface area contributed by atoms with E-state index in [1.165, 1.54) is 32.1 Å². The summed E-state index contributed by atoms with van der Waals surface area (Å²) in [6.45, 7) is 4.56. The number of nitrogens with one attached hydrogen (secondary N) is 1. The second-order valence-corrected chi connectivity index (χ2v) is 5.88. The van der Waals surface area contributed by atoms with E-state index in [9.17, 15) is 0 Å². The van der Waals surface area contributed by atoms with Crippen LogP contribution in [0, 0.1) is 5.41 Å². The van der Waals surface area contributed by atoms with Crippen molar-refractivity contribution < 1.29 is 0 Å². The molecule has 0 aromatic rings. The van der Waals surface area contributed by atoms with Gasteiger partial charge in [0.05, 0.1) is 0 Å².